The van der Waals surface area contributed by atoms with Crippen molar-refractivity contribution >= 4 is 17.8 Å². The van der Waals surface area contributed by atoms with E-state index < -0.39 is 11.7 Å². The summed E-state index contributed by atoms with van der Waals surface area (Å²) < 4.78 is 42.0. The summed E-state index contributed by atoms with van der Waals surface area (Å²) in [6, 6.07) is 0.759. The maximum Gasteiger partial charge on any atom is 0.417 e. The third-order valence-electron chi connectivity index (χ3n) is 1.73. The number of rotatable bonds is 5. The molecule has 0 saturated heterocycles. The number of aromatic nitrogens is 1. The SMILES string of the molecule is CC=NOCCOc1ncc(C(F)(F)F)cc1Cl. The summed E-state index contributed by atoms with van der Waals surface area (Å²) in [6.07, 6.45) is -2.37. The maximum absolute atomic E-state index is 12.3. The molecule has 0 aliphatic carbocycles. The van der Waals surface area contributed by atoms with Crippen molar-refractivity contribution in [3.8, 4) is 5.88 Å². The van der Waals surface area contributed by atoms with Gasteiger partial charge >= 0.3 is 6.18 Å². The van der Waals surface area contributed by atoms with E-state index in [9.17, 15) is 13.2 Å². The molecule has 0 spiro atoms. The van der Waals surface area contributed by atoms with E-state index in [0.29, 0.717) is 6.20 Å². The van der Waals surface area contributed by atoms with Gasteiger partial charge in [0.05, 0.1) is 5.56 Å². The lowest BCUT2D eigenvalue weighted by Gasteiger charge is -2.09. The molecule has 0 aromatic carbocycles. The normalized spacial score (nSPS) is 11.8. The number of oxime groups is 1. The zero-order valence-electron chi connectivity index (χ0n) is 9.37. The lowest BCUT2D eigenvalue weighted by molar-refractivity contribution is -0.137. The summed E-state index contributed by atoms with van der Waals surface area (Å²) in [5.74, 6) is -0.0752. The average molecular weight is 283 g/mol. The number of hydrogen-bond donors (Lipinski definition) is 0. The van der Waals surface area contributed by atoms with Gasteiger partial charge in [-0.15, -0.1) is 0 Å². The summed E-state index contributed by atoms with van der Waals surface area (Å²) in [7, 11) is 0. The fourth-order valence-corrected chi connectivity index (χ4v) is 1.21. The van der Waals surface area contributed by atoms with Crippen molar-refractivity contribution in [2.45, 2.75) is 13.1 Å². The molecular formula is C10H10ClF3N2O2. The van der Waals surface area contributed by atoms with E-state index in [0.717, 1.165) is 6.07 Å². The molecule has 8 heteroatoms. The van der Waals surface area contributed by atoms with Gasteiger partial charge in [-0.25, -0.2) is 4.98 Å². The number of ether oxygens (including phenoxy) is 1. The van der Waals surface area contributed by atoms with E-state index >= 15 is 0 Å². The summed E-state index contributed by atoms with van der Waals surface area (Å²) in [6.45, 7) is 1.90. The number of nitrogens with zero attached hydrogens (tertiary/aromatic N) is 2. The number of hydrogen-bond acceptors (Lipinski definition) is 4. The van der Waals surface area contributed by atoms with Crippen LogP contribution < -0.4 is 4.74 Å². The van der Waals surface area contributed by atoms with E-state index in [-0.39, 0.29) is 24.1 Å². The van der Waals surface area contributed by atoms with Crippen LogP contribution in [0.25, 0.3) is 0 Å². The van der Waals surface area contributed by atoms with Crippen LogP contribution in [-0.2, 0) is 11.0 Å². The Hall–Kier alpha value is -1.50. The Bertz CT molecular complexity index is 424. The van der Waals surface area contributed by atoms with Crippen LogP contribution in [0.1, 0.15) is 12.5 Å². The first-order valence-corrected chi connectivity index (χ1v) is 5.28. The van der Waals surface area contributed by atoms with Crippen molar-refractivity contribution in [1.82, 2.24) is 4.98 Å². The molecule has 0 aliphatic rings. The van der Waals surface area contributed by atoms with Crippen LogP contribution in [0, 0.1) is 0 Å². The Labute approximate surface area is 106 Å². The summed E-state index contributed by atoms with van der Waals surface area (Å²) in [4.78, 5) is 8.21. The predicted molar refractivity (Wildman–Crippen MR) is 59.9 cm³/mol. The molecule has 4 nitrogen and oxygen atoms in total. The zero-order valence-corrected chi connectivity index (χ0v) is 10.1. The molecule has 0 bridgehead atoms. The second-order valence-electron chi connectivity index (χ2n) is 3.05. The summed E-state index contributed by atoms with van der Waals surface area (Å²) >= 11 is 5.62. The molecule has 100 valence electrons. The molecule has 0 unspecified atom stereocenters. The molecule has 0 radical (unpaired) electrons. The van der Waals surface area contributed by atoms with Crippen LogP contribution in [0.15, 0.2) is 17.4 Å². The van der Waals surface area contributed by atoms with E-state index in [4.69, 9.17) is 21.2 Å². The fraction of sp³-hybridized carbons (Fsp3) is 0.400. The van der Waals surface area contributed by atoms with Crippen LogP contribution in [0.4, 0.5) is 13.2 Å². The quantitative estimate of drug-likeness (QED) is 0.473. The number of halogens is 4. The Balaban J connectivity index is 2.58. The highest BCUT2D eigenvalue weighted by Crippen LogP contribution is 2.32. The van der Waals surface area contributed by atoms with Gasteiger partial charge in [-0.1, -0.05) is 16.8 Å². The van der Waals surface area contributed by atoms with Gasteiger partial charge in [0.2, 0.25) is 5.88 Å². The lowest BCUT2D eigenvalue weighted by Crippen LogP contribution is -2.08. The standard InChI is InChI=1S/C10H10ClF3N2O2/c1-2-16-18-4-3-17-9-8(11)5-7(6-15-9)10(12,13)14/h2,5-6H,3-4H2,1H3. The van der Waals surface area contributed by atoms with Gasteiger partial charge in [-0.05, 0) is 13.0 Å². The van der Waals surface area contributed by atoms with E-state index in [1.807, 2.05) is 0 Å². The number of pyridine rings is 1. The minimum Gasteiger partial charge on any atom is -0.473 e. The van der Waals surface area contributed by atoms with Gasteiger partial charge in [-0.3, -0.25) is 0 Å². The molecule has 1 aromatic rings. The topological polar surface area (TPSA) is 43.7 Å². The third kappa shape index (κ3) is 4.40. The Morgan fingerprint density at radius 1 is 1.44 bits per heavy atom. The Morgan fingerprint density at radius 2 is 2.17 bits per heavy atom. The van der Waals surface area contributed by atoms with Gasteiger partial charge in [0, 0.05) is 12.4 Å². The van der Waals surface area contributed by atoms with Crippen molar-refractivity contribution in [3.05, 3.63) is 22.8 Å². The third-order valence-corrected chi connectivity index (χ3v) is 2.00. The lowest BCUT2D eigenvalue weighted by atomic mass is 10.3. The first-order chi connectivity index (χ1) is 8.45. The minimum atomic E-state index is -4.48. The van der Waals surface area contributed by atoms with E-state index in [1.54, 1.807) is 6.92 Å². The van der Waals surface area contributed by atoms with E-state index in [1.165, 1.54) is 6.21 Å². The Morgan fingerprint density at radius 3 is 2.72 bits per heavy atom. The monoisotopic (exact) mass is 282 g/mol. The molecular weight excluding hydrogens is 273 g/mol. The van der Waals surface area contributed by atoms with Crippen LogP contribution >= 0.6 is 11.6 Å². The molecule has 0 aliphatic heterocycles. The van der Waals surface area contributed by atoms with Crippen LogP contribution in [0.3, 0.4) is 0 Å². The van der Waals surface area contributed by atoms with Gasteiger partial charge in [0.15, 0.2) is 6.61 Å². The Kier molecular flexibility index (Phi) is 5.21. The molecule has 1 heterocycles. The van der Waals surface area contributed by atoms with Crippen LogP contribution in [0.2, 0.25) is 5.02 Å². The van der Waals surface area contributed by atoms with Crippen molar-refractivity contribution in [3.63, 3.8) is 0 Å². The van der Waals surface area contributed by atoms with Crippen LogP contribution in [0.5, 0.6) is 5.88 Å². The summed E-state index contributed by atoms with van der Waals surface area (Å²) in [5.41, 5.74) is -0.924. The fourth-order valence-electron chi connectivity index (χ4n) is 0.989. The highest BCUT2D eigenvalue weighted by Gasteiger charge is 2.31. The van der Waals surface area contributed by atoms with Crippen molar-refractivity contribution in [2.75, 3.05) is 13.2 Å². The molecule has 0 N–H and O–H groups in total. The molecule has 0 amide bonds. The smallest absolute Gasteiger partial charge is 0.417 e. The van der Waals surface area contributed by atoms with Crippen molar-refractivity contribution < 1.29 is 22.7 Å². The molecule has 1 aromatic heterocycles. The molecule has 0 saturated carbocycles. The van der Waals surface area contributed by atoms with Crippen LogP contribution in [-0.4, -0.2) is 24.4 Å². The van der Waals surface area contributed by atoms with Gasteiger partial charge < -0.3 is 9.57 Å². The first-order valence-electron chi connectivity index (χ1n) is 4.90. The molecule has 1 rings (SSSR count). The average Bonchev–Trinajstić information content (AvgIpc) is 2.29. The molecule has 18 heavy (non-hydrogen) atoms. The first kappa shape index (κ1) is 14.6. The highest BCUT2D eigenvalue weighted by atomic mass is 35.5. The minimum absolute atomic E-state index is 0.0752. The van der Waals surface area contributed by atoms with Crippen molar-refractivity contribution in [1.29, 1.82) is 0 Å². The van der Waals surface area contributed by atoms with Gasteiger partial charge in [-0.2, -0.15) is 13.2 Å². The molecule has 0 atom stereocenters. The molecule has 0 fully saturated rings. The van der Waals surface area contributed by atoms with Gasteiger partial charge in [0.1, 0.15) is 11.6 Å². The van der Waals surface area contributed by atoms with Crippen molar-refractivity contribution in [2.24, 2.45) is 5.16 Å². The largest absolute Gasteiger partial charge is 0.473 e. The second kappa shape index (κ2) is 6.44. The predicted octanol–water partition coefficient (Wildman–Crippen LogP) is 3.15. The second-order valence-corrected chi connectivity index (χ2v) is 3.46. The summed E-state index contributed by atoms with van der Waals surface area (Å²) in [5, 5.41) is 3.26. The maximum atomic E-state index is 12.3. The highest BCUT2D eigenvalue weighted by molar-refractivity contribution is 6.31. The van der Waals surface area contributed by atoms with Gasteiger partial charge in [0.25, 0.3) is 0 Å². The zero-order chi connectivity index (χ0) is 13.6. The van der Waals surface area contributed by atoms with E-state index in [2.05, 4.69) is 10.1 Å². The number of alkyl halides is 3.